The van der Waals surface area contributed by atoms with Gasteiger partial charge in [-0.3, -0.25) is 14.3 Å². The van der Waals surface area contributed by atoms with E-state index in [1.165, 1.54) is 0 Å². The molecule has 0 aliphatic carbocycles. The number of anilines is 1. The highest BCUT2D eigenvalue weighted by Crippen LogP contribution is 2.30. The number of nitrogens with one attached hydrogen (secondary N) is 1. The Hall–Kier alpha value is -3.54. The Bertz CT molecular complexity index is 1150. The van der Waals surface area contributed by atoms with Crippen molar-refractivity contribution in [2.24, 2.45) is 0 Å². The Morgan fingerprint density at radius 1 is 1.29 bits per heavy atom. The molecule has 34 heavy (non-hydrogen) atoms. The van der Waals surface area contributed by atoms with Crippen molar-refractivity contribution in [1.29, 1.82) is 5.26 Å². The van der Waals surface area contributed by atoms with E-state index in [1.54, 1.807) is 13.4 Å². The molecule has 1 N–H and O–H groups in total. The van der Waals surface area contributed by atoms with Gasteiger partial charge in [-0.05, 0) is 68.7 Å². The zero-order chi connectivity index (χ0) is 24.1. The zero-order valence-electron chi connectivity index (χ0n) is 19.8. The minimum atomic E-state index is -0.201. The summed E-state index contributed by atoms with van der Waals surface area (Å²) in [5.41, 5.74) is 3.02. The van der Waals surface area contributed by atoms with E-state index in [0.29, 0.717) is 24.5 Å². The van der Waals surface area contributed by atoms with Crippen molar-refractivity contribution in [2.75, 3.05) is 32.1 Å². The molecular weight excluding hydrogens is 432 g/mol. The fourth-order valence-electron chi connectivity index (χ4n) is 4.37. The summed E-state index contributed by atoms with van der Waals surface area (Å²) < 4.78 is 18.5. The lowest BCUT2D eigenvalue weighted by molar-refractivity contribution is -0.117. The molecule has 0 spiro atoms. The van der Waals surface area contributed by atoms with Gasteiger partial charge in [-0.15, -0.1) is 0 Å². The number of nitriles is 1. The average molecular weight is 463 g/mol. The predicted molar refractivity (Wildman–Crippen MR) is 128 cm³/mol. The van der Waals surface area contributed by atoms with Crippen LogP contribution >= 0.6 is 0 Å². The minimum Gasteiger partial charge on any atom is -0.497 e. The lowest BCUT2D eigenvalue weighted by Crippen LogP contribution is -2.38. The molecule has 178 valence electrons. The number of rotatable bonds is 9. The van der Waals surface area contributed by atoms with E-state index in [9.17, 15) is 10.1 Å². The summed E-state index contributed by atoms with van der Waals surface area (Å²) in [5, 5.41) is 12.9. The van der Waals surface area contributed by atoms with Crippen molar-refractivity contribution in [3.8, 4) is 17.5 Å². The molecule has 3 aromatic rings. The van der Waals surface area contributed by atoms with Crippen LogP contribution in [0.1, 0.15) is 35.4 Å². The van der Waals surface area contributed by atoms with Crippen molar-refractivity contribution < 1.29 is 18.7 Å². The number of aromatic nitrogens is 1. The van der Waals surface area contributed by atoms with Gasteiger partial charge in [0.05, 0.1) is 38.1 Å². The molecule has 2 aromatic heterocycles. The van der Waals surface area contributed by atoms with Crippen LogP contribution in [0.4, 0.5) is 5.82 Å². The molecule has 0 bridgehead atoms. The third-order valence-corrected chi connectivity index (χ3v) is 6.23. The minimum absolute atomic E-state index is 0.102. The van der Waals surface area contributed by atoms with E-state index in [0.717, 1.165) is 47.9 Å². The predicted octanol–water partition coefficient (Wildman–Crippen LogP) is 4.19. The number of ether oxygens (including phenoxy) is 2. The Balaban J connectivity index is 1.57. The topological polar surface area (TPSA) is 92.7 Å². The number of hydrogen-bond donors (Lipinski definition) is 1. The summed E-state index contributed by atoms with van der Waals surface area (Å²) in [7, 11) is 1.62. The molecule has 3 heterocycles. The first-order valence-corrected chi connectivity index (χ1v) is 11.4. The number of carbonyl (C=O) groups is 1. The van der Waals surface area contributed by atoms with Crippen LogP contribution in [-0.4, -0.2) is 48.3 Å². The van der Waals surface area contributed by atoms with Crippen LogP contribution < -0.4 is 10.1 Å². The van der Waals surface area contributed by atoms with Gasteiger partial charge in [-0.25, -0.2) is 0 Å². The van der Waals surface area contributed by atoms with Gasteiger partial charge in [0.2, 0.25) is 5.91 Å². The van der Waals surface area contributed by atoms with E-state index in [1.807, 2.05) is 59.7 Å². The smallest absolute Gasteiger partial charge is 0.239 e. The molecule has 1 amide bonds. The van der Waals surface area contributed by atoms with Crippen LogP contribution in [-0.2, 0) is 16.1 Å². The van der Waals surface area contributed by atoms with Crippen molar-refractivity contribution >= 4 is 11.7 Å². The van der Waals surface area contributed by atoms with Gasteiger partial charge in [0.1, 0.15) is 23.4 Å². The second-order valence-corrected chi connectivity index (χ2v) is 8.51. The van der Waals surface area contributed by atoms with Gasteiger partial charge < -0.3 is 19.2 Å². The Labute approximate surface area is 199 Å². The largest absolute Gasteiger partial charge is 0.497 e. The maximum atomic E-state index is 13.2. The molecular formula is C26H30N4O4. The summed E-state index contributed by atoms with van der Waals surface area (Å²) in [6.45, 7) is 5.88. The van der Waals surface area contributed by atoms with Gasteiger partial charge in [-0.1, -0.05) is 0 Å². The highest BCUT2D eigenvalue weighted by Gasteiger charge is 2.24. The fraction of sp³-hybridized carbons (Fsp3) is 0.385. The summed E-state index contributed by atoms with van der Waals surface area (Å²) in [4.78, 5) is 15.3. The van der Waals surface area contributed by atoms with Crippen LogP contribution in [0.2, 0.25) is 0 Å². The molecule has 0 radical (unpaired) electrons. The van der Waals surface area contributed by atoms with Crippen LogP contribution in [0.5, 0.6) is 5.75 Å². The first-order valence-electron chi connectivity index (χ1n) is 11.4. The third kappa shape index (κ3) is 5.16. The SMILES string of the molecule is COc1ccc(-n2c(C)c(C)c(C#N)c2NC(=O)CN(Cc2ccco2)CC2CCCO2)cc1. The molecule has 1 fully saturated rings. The molecule has 1 aliphatic heterocycles. The van der Waals surface area contributed by atoms with Crippen molar-refractivity contribution in [2.45, 2.75) is 39.3 Å². The maximum absolute atomic E-state index is 13.2. The monoisotopic (exact) mass is 462 g/mol. The first-order chi connectivity index (χ1) is 16.5. The van der Waals surface area contributed by atoms with E-state index < -0.39 is 0 Å². The maximum Gasteiger partial charge on any atom is 0.239 e. The van der Waals surface area contributed by atoms with Gasteiger partial charge >= 0.3 is 0 Å². The molecule has 1 aromatic carbocycles. The van der Waals surface area contributed by atoms with Gasteiger partial charge in [-0.2, -0.15) is 5.26 Å². The molecule has 8 heteroatoms. The highest BCUT2D eigenvalue weighted by molar-refractivity contribution is 5.93. The quantitative estimate of drug-likeness (QED) is 0.513. The van der Waals surface area contributed by atoms with Crippen molar-refractivity contribution in [3.63, 3.8) is 0 Å². The highest BCUT2D eigenvalue weighted by atomic mass is 16.5. The first kappa shape index (κ1) is 23.6. The van der Waals surface area contributed by atoms with Crippen LogP contribution in [0, 0.1) is 25.2 Å². The Morgan fingerprint density at radius 3 is 2.71 bits per heavy atom. The third-order valence-electron chi connectivity index (χ3n) is 6.23. The normalized spacial score (nSPS) is 15.4. The van der Waals surface area contributed by atoms with Crippen LogP contribution in [0.3, 0.4) is 0 Å². The van der Waals surface area contributed by atoms with E-state index in [4.69, 9.17) is 13.9 Å². The average Bonchev–Trinajstić information content (AvgIpc) is 3.58. The lowest BCUT2D eigenvalue weighted by atomic mass is 10.2. The molecule has 1 atom stereocenters. The number of benzene rings is 1. The second kappa shape index (κ2) is 10.6. The molecule has 8 nitrogen and oxygen atoms in total. The van der Waals surface area contributed by atoms with Gasteiger partial charge in [0.25, 0.3) is 0 Å². The summed E-state index contributed by atoms with van der Waals surface area (Å²) in [5.74, 6) is 1.80. The standard InChI is InChI=1S/C26H30N4O4/c1-18-19(2)30(20-8-10-21(32-3)11-9-20)26(24(18)14-27)28-25(31)17-29(15-22-6-4-12-33-22)16-23-7-5-13-34-23/h4,6,8-12,23H,5,7,13,15-17H2,1-3H3,(H,28,31). The van der Waals surface area contributed by atoms with Gasteiger partial charge in [0.15, 0.2) is 0 Å². The second-order valence-electron chi connectivity index (χ2n) is 8.51. The number of nitrogens with zero attached hydrogens (tertiary/aromatic N) is 3. The molecule has 4 rings (SSSR count). The lowest BCUT2D eigenvalue weighted by Gasteiger charge is -2.24. The van der Waals surface area contributed by atoms with Crippen molar-refractivity contribution in [3.05, 3.63) is 65.2 Å². The number of carbonyl (C=O) groups excluding carboxylic acids is 1. The summed E-state index contributed by atoms with van der Waals surface area (Å²) >= 11 is 0. The molecule has 1 saturated heterocycles. The Morgan fingerprint density at radius 2 is 2.09 bits per heavy atom. The van der Waals surface area contributed by atoms with E-state index >= 15 is 0 Å². The molecule has 1 aliphatic rings. The fourth-order valence-corrected chi connectivity index (χ4v) is 4.37. The van der Waals surface area contributed by atoms with Crippen LogP contribution in [0.25, 0.3) is 5.69 Å². The number of methoxy groups -OCH3 is 1. The van der Waals surface area contributed by atoms with Gasteiger partial charge in [0, 0.05) is 24.5 Å². The summed E-state index contributed by atoms with van der Waals surface area (Å²) in [6.07, 6.45) is 3.75. The summed E-state index contributed by atoms with van der Waals surface area (Å²) in [6, 6.07) is 13.5. The number of furan rings is 1. The van der Waals surface area contributed by atoms with E-state index in [-0.39, 0.29) is 18.6 Å². The number of amides is 1. The Kier molecular flexibility index (Phi) is 7.36. The van der Waals surface area contributed by atoms with Crippen molar-refractivity contribution in [1.82, 2.24) is 9.47 Å². The zero-order valence-corrected chi connectivity index (χ0v) is 19.8. The molecule has 1 unspecified atom stereocenters. The van der Waals surface area contributed by atoms with E-state index in [2.05, 4.69) is 11.4 Å². The number of hydrogen-bond acceptors (Lipinski definition) is 6. The van der Waals surface area contributed by atoms with Crippen LogP contribution in [0.15, 0.2) is 47.1 Å². The molecule has 0 saturated carbocycles.